The number of carbonyl (C=O) groups excluding carboxylic acids is 2. The van der Waals surface area contributed by atoms with E-state index in [0.717, 1.165) is 17.8 Å². The van der Waals surface area contributed by atoms with Gasteiger partial charge in [-0.15, -0.1) is 11.3 Å². The minimum atomic E-state index is -0.359. The van der Waals surface area contributed by atoms with E-state index in [9.17, 15) is 9.59 Å². The Morgan fingerprint density at radius 2 is 1.83 bits per heavy atom. The summed E-state index contributed by atoms with van der Waals surface area (Å²) < 4.78 is 0. The van der Waals surface area contributed by atoms with Crippen molar-refractivity contribution in [3.63, 3.8) is 0 Å². The van der Waals surface area contributed by atoms with Crippen LogP contribution in [0.2, 0.25) is 0 Å². The molecule has 1 atom stereocenters. The summed E-state index contributed by atoms with van der Waals surface area (Å²) in [7, 11) is 0. The maximum atomic E-state index is 13.4. The first-order chi connectivity index (χ1) is 14.1. The molecule has 2 heterocycles. The van der Waals surface area contributed by atoms with Gasteiger partial charge in [0.1, 0.15) is 0 Å². The van der Waals surface area contributed by atoms with Gasteiger partial charge in [-0.3, -0.25) is 14.5 Å². The summed E-state index contributed by atoms with van der Waals surface area (Å²) in [4.78, 5) is 34.0. The fourth-order valence-corrected chi connectivity index (χ4v) is 4.42. The molecular formula is C23H23N3O2S. The van der Waals surface area contributed by atoms with Crippen molar-refractivity contribution in [1.29, 1.82) is 0 Å². The number of anilines is 2. The first-order valence-corrected chi connectivity index (χ1v) is 10.6. The zero-order valence-corrected chi connectivity index (χ0v) is 17.1. The highest BCUT2D eigenvalue weighted by Crippen LogP contribution is 2.32. The van der Waals surface area contributed by atoms with Gasteiger partial charge in [0.05, 0.1) is 17.3 Å². The number of hydrogen-bond donors (Lipinski definition) is 0. The van der Waals surface area contributed by atoms with E-state index in [0.29, 0.717) is 18.2 Å². The first kappa shape index (κ1) is 19.3. The Labute approximate surface area is 174 Å². The van der Waals surface area contributed by atoms with Crippen LogP contribution in [-0.2, 0) is 16.0 Å². The molecule has 3 aromatic rings. The number of likely N-dealkylation sites (tertiary alicyclic amines) is 1. The molecule has 1 unspecified atom stereocenters. The van der Waals surface area contributed by atoms with E-state index in [2.05, 4.69) is 17.1 Å². The smallest absolute Gasteiger partial charge is 0.238 e. The van der Waals surface area contributed by atoms with Crippen LogP contribution >= 0.6 is 11.3 Å². The van der Waals surface area contributed by atoms with Crippen LogP contribution in [0.3, 0.4) is 0 Å². The van der Waals surface area contributed by atoms with Crippen molar-refractivity contribution >= 4 is 34.0 Å². The van der Waals surface area contributed by atoms with Crippen molar-refractivity contribution in [3.05, 3.63) is 77.3 Å². The van der Waals surface area contributed by atoms with E-state index < -0.39 is 0 Å². The van der Waals surface area contributed by atoms with E-state index in [1.807, 2.05) is 65.7 Å². The summed E-state index contributed by atoms with van der Waals surface area (Å²) in [6, 6.07) is 19.6. The standard InChI is InChI=1S/C23H23N3O2S/c1-17-16-29-23(24-17)26(20-10-6-3-7-11-20)22(28)19-14-21(27)25(15-19)13-12-18-8-4-2-5-9-18/h2-11,16,19H,12-15H2,1H3. The maximum absolute atomic E-state index is 13.4. The van der Waals surface area contributed by atoms with Gasteiger partial charge in [-0.05, 0) is 31.0 Å². The van der Waals surface area contributed by atoms with Crippen molar-refractivity contribution in [2.75, 3.05) is 18.0 Å². The second-order valence-corrected chi connectivity index (χ2v) is 8.09. The molecule has 1 saturated heterocycles. The second kappa shape index (κ2) is 8.57. The molecule has 0 aliphatic carbocycles. The van der Waals surface area contributed by atoms with Crippen LogP contribution in [0.15, 0.2) is 66.0 Å². The molecule has 148 valence electrons. The Morgan fingerprint density at radius 3 is 2.48 bits per heavy atom. The third kappa shape index (κ3) is 4.38. The quantitative estimate of drug-likeness (QED) is 0.617. The lowest BCUT2D eigenvalue weighted by molar-refractivity contribution is -0.128. The van der Waals surface area contributed by atoms with Gasteiger partial charge >= 0.3 is 0 Å². The number of carbonyl (C=O) groups is 2. The van der Waals surface area contributed by atoms with Crippen molar-refractivity contribution < 1.29 is 9.59 Å². The SMILES string of the molecule is Cc1csc(N(C(=O)C2CC(=O)N(CCc3ccccc3)C2)c2ccccc2)n1. The summed E-state index contributed by atoms with van der Waals surface area (Å²) >= 11 is 1.44. The predicted molar refractivity (Wildman–Crippen MR) is 115 cm³/mol. The Balaban J connectivity index is 1.50. The average Bonchev–Trinajstić information content (AvgIpc) is 3.34. The number of para-hydroxylation sites is 1. The van der Waals surface area contributed by atoms with Gasteiger partial charge in [-0.1, -0.05) is 48.5 Å². The zero-order valence-electron chi connectivity index (χ0n) is 16.3. The van der Waals surface area contributed by atoms with Gasteiger partial charge in [0.2, 0.25) is 11.8 Å². The molecule has 0 spiro atoms. The van der Waals surface area contributed by atoms with Crippen molar-refractivity contribution in [2.24, 2.45) is 5.92 Å². The van der Waals surface area contributed by atoms with Crippen LogP contribution in [0, 0.1) is 12.8 Å². The van der Waals surface area contributed by atoms with Gasteiger partial charge in [-0.2, -0.15) is 0 Å². The fraction of sp³-hybridized carbons (Fsp3) is 0.261. The normalized spacial score (nSPS) is 16.2. The van der Waals surface area contributed by atoms with Gasteiger partial charge in [-0.25, -0.2) is 4.98 Å². The molecule has 1 fully saturated rings. The van der Waals surface area contributed by atoms with E-state index in [-0.39, 0.29) is 24.2 Å². The summed E-state index contributed by atoms with van der Waals surface area (Å²) in [5.41, 5.74) is 2.85. The molecule has 2 amide bonds. The van der Waals surface area contributed by atoms with Crippen molar-refractivity contribution in [3.8, 4) is 0 Å². The molecular weight excluding hydrogens is 382 g/mol. The molecule has 0 saturated carbocycles. The molecule has 1 aliphatic rings. The van der Waals surface area contributed by atoms with Gasteiger partial charge in [0.25, 0.3) is 0 Å². The lowest BCUT2D eigenvalue weighted by Crippen LogP contribution is -2.34. The van der Waals surface area contributed by atoms with E-state index >= 15 is 0 Å². The second-order valence-electron chi connectivity index (χ2n) is 7.26. The van der Waals surface area contributed by atoms with E-state index in [1.165, 1.54) is 16.9 Å². The molecule has 0 N–H and O–H groups in total. The number of amides is 2. The van der Waals surface area contributed by atoms with Crippen LogP contribution in [0.5, 0.6) is 0 Å². The minimum Gasteiger partial charge on any atom is -0.342 e. The Bertz CT molecular complexity index is 988. The van der Waals surface area contributed by atoms with Crippen molar-refractivity contribution in [1.82, 2.24) is 9.88 Å². The first-order valence-electron chi connectivity index (χ1n) is 9.74. The van der Waals surface area contributed by atoms with E-state index in [1.54, 1.807) is 4.90 Å². The number of benzene rings is 2. The monoisotopic (exact) mass is 405 g/mol. The third-order valence-corrected chi connectivity index (χ3v) is 6.05. The largest absolute Gasteiger partial charge is 0.342 e. The molecule has 0 bridgehead atoms. The molecule has 1 aromatic heterocycles. The average molecular weight is 406 g/mol. The van der Waals surface area contributed by atoms with Crippen molar-refractivity contribution in [2.45, 2.75) is 19.8 Å². The fourth-order valence-electron chi connectivity index (χ4n) is 3.60. The van der Waals surface area contributed by atoms with Gasteiger partial charge < -0.3 is 4.90 Å². The summed E-state index contributed by atoms with van der Waals surface area (Å²) in [6.45, 7) is 3.00. The highest BCUT2D eigenvalue weighted by Gasteiger charge is 2.37. The highest BCUT2D eigenvalue weighted by molar-refractivity contribution is 7.14. The lowest BCUT2D eigenvalue weighted by atomic mass is 10.1. The molecule has 5 nitrogen and oxygen atoms in total. The van der Waals surface area contributed by atoms with Crippen LogP contribution < -0.4 is 4.90 Å². The number of rotatable bonds is 6. The Kier molecular flexibility index (Phi) is 5.71. The molecule has 6 heteroatoms. The summed E-state index contributed by atoms with van der Waals surface area (Å²) in [6.07, 6.45) is 1.04. The van der Waals surface area contributed by atoms with Gasteiger partial charge in [0, 0.05) is 24.9 Å². The number of nitrogens with zero attached hydrogens (tertiary/aromatic N) is 3. The van der Waals surface area contributed by atoms with Crippen LogP contribution in [0.25, 0.3) is 0 Å². The predicted octanol–water partition coefficient (Wildman–Crippen LogP) is 4.21. The van der Waals surface area contributed by atoms with Crippen LogP contribution in [0.4, 0.5) is 10.8 Å². The number of thiazole rings is 1. The van der Waals surface area contributed by atoms with Crippen LogP contribution in [0.1, 0.15) is 17.7 Å². The van der Waals surface area contributed by atoms with Crippen LogP contribution in [-0.4, -0.2) is 34.8 Å². The highest BCUT2D eigenvalue weighted by atomic mass is 32.1. The summed E-state index contributed by atoms with van der Waals surface area (Å²) in [5.74, 6) is -0.383. The zero-order chi connectivity index (χ0) is 20.2. The Hall–Kier alpha value is -2.99. The van der Waals surface area contributed by atoms with Gasteiger partial charge in [0.15, 0.2) is 5.13 Å². The summed E-state index contributed by atoms with van der Waals surface area (Å²) in [5, 5.41) is 2.58. The number of hydrogen-bond acceptors (Lipinski definition) is 4. The molecule has 29 heavy (non-hydrogen) atoms. The minimum absolute atomic E-state index is 0.0441. The van der Waals surface area contributed by atoms with E-state index in [4.69, 9.17) is 0 Å². The maximum Gasteiger partial charge on any atom is 0.238 e. The lowest BCUT2D eigenvalue weighted by Gasteiger charge is -2.23. The number of aromatic nitrogens is 1. The molecule has 4 rings (SSSR count). The molecule has 1 aliphatic heterocycles. The molecule has 0 radical (unpaired) electrons. The number of aryl methyl sites for hydroxylation is 1. The Morgan fingerprint density at radius 1 is 1.14 bits per heavy atom. The molecule has 2 aromatic carbocycles. The topological polar surface area (TPSA) is 53.5 Å². The third-order valence-electron chi connectivity index (χ3n) is 5.11.